The first-order chi connectivity index (χ1) is 7.88. The van der Waals surface area contributed by atoms with Crippen molar-refractivity contribution in [2.75, 3.05) is 0 Å². The second kappa shape index (κ2) is 4.19. The molecular weight excluding hydrogens is 236 g/mol. The van der Waals surface area contributed by atoms with E-state index in [1.165, 1.54) is 0 Å². The highest BCUT2D eigenvalue weighted by atomic mass is 35.5. The van der Waals surface area contributed by atoms with Gasteiger partial charge in [-0.15, -0.1) is 0 Å². The van der Waals surface area contributed by atoms with Crippen molar-refractivity contribution in [1.82, 2.24) is 0 Å². The molecule has 0 amide bonds. The molecule has 0 fully saturated rings. The fraction of sp³-hybridized carbons (Fsp3) is 0.357. The number of fused-ring (bicyclic) bond motifs is 1. The Hall–Kier alpha value is -1.28. The van der Waals surface area contributed by atoms with Gasteiger partial charge in [0.2, 0.25) is 0 Å². The van der Waals surface area contributed by atoms with Crippen LogP contribution in [-0.2, 0) is 10.2 Å². The van der Waals surface area contributed by atoms with Gasteiger partial charge in [-0.3, -0.25) is 4.79 Å². The number of furan rings is 1. The summed E-state index contributed by atoms with van der Waals surface area (Å²) in [5.74, 6) is 0.985. The highest BCUT2D eigenvalue weighted by Gasteiger charge is 2.26. The number of carbonyl (C=O) groups excluding carboxylic acids is 1. The van der Waals surface area contributed by atoms with Crippen LogP contribution < -0.4 is 0 Å². The fourth-order valence-electron chi connectivity index (χ4n) is 2.06. The van der Waals surface area contributed by atoms with Gasteiger partial charge < -0.3 is 4.42 Å². The fourth-order valence-corrected chi connectivity index (χ4v) is 2.24. The third kappa shape index (κ3) is 2.52. The lowest BCUT2D eigenvalue weighted by molar-refractivity contribution is -0.118. The lowest BCUT2D eigenvalue weighted by atomic mass is 9.85. The van der Waals surface area contributed by atoms with Crippen LogP contribution in [0, 0.1) is 0 Å². The van der Waals surface area contributed by atoms with Crippen molar-refractivity contribution < 1.29 is 9.21 Å². The molecule has 1 heterocycles. The minimum Gasteiger partial charge on any atom is -0.460 e. The average Bonchev–Trinajstić information content (AvgIpc) is 2.58. The van der Waals surface area contributed by atoms with E-state index >= 15 is 0 Å². The quantitative estimate of drug-likeness (QED) is 0.811. The summed E-state index contributed by atoms with van der Waals surface area (Å²) < 4.78 is 5.78. The van der Waals surface area contributed by atoms with Gasteiger partial charge in [0, 0.05) is 22.2 Å². The van der Waals surface area contributed by atoms with E-state index in [0.29, 0.717) is 11.4 Å². The number of rotatable bonds is 3. The van der Waals surface area contributed by atoms with Crippen LogP contribution >= 0.6 is 11.6 Å². The van der Waals surface area contributed by atoms with Crippen molar-refractivity contribution in [2.24, 2.45) is 0 Å². The first-order valence-electron chi connectivity index (χ1n) is 5.57. The predicted molar refractivity (Wildman–Crippen MR) is 69.5 cm³/mol. The second-order valence-electron chi connectivity index (χ2n) is 5.06. The molecule has 0 atom stereocenters. The topological polar surface area (TPSA) is 30.2 Å². The van der Waals surface area contributed by atoms with Crippen molar-refractivity contribution in [1.29, 1.82) is 0 Å². The summed E-state index contributed by atoms with van der Waals surface area (Å²) in [6, 6.07) is 7.48. The molecule has 2 nitrogen and oxygen atoms in total. The molecule has 17 heavy (non-hydrogen) atoms. The van der Waals surface area contributed by atoms with Gasteiger partial charge in [0.05, 0.1) is 0 Å². The number of hydrogen-bond donors (Lipinski definition) is 0. The number of benzene rings is 1. The molecule has 0 saturated carbocycles. The minimum atomic E-state index is -0.280. The monoisotopic (exact) mass is 250 g/mol. The van der Waals surface area contributed by atoms with Crippen molar-refractivity contribution in [3.8, 4) is 0 Å². The molecule has 1 aromatic carbocycles. The van der Waals surface area contributed by atoms with Crippen molar-refractivity contribution in [3.63, 3.8) is 0 Å². The normalized spacial score (nSPS) is 12.0. The number of Topliss-reactive ketones (excluding diaryl/α,β-unsaturated/α-hetero) is 1. The Morgan fingerprint density at radius 3 is 2.71 bits per heavy atom. The van der Waals surface area contributed by atoms with Crippen LogP contribution in [0.3, 0.4) is 0 Å². The zero-order chi connectivity index (χ0) is 12.6. The van der Waals surface area contributed by atoms with Crippen molar-refractivity contribution in [2.45, 2.75) is 32.6 Å². The van der Waals surface area contributed by atoms with Crippen molar-refractivity contribution >= 4 is 28.4 Å². The molecule has 90 valence electrons. The first-order valence-corrected chi connectivity index (χ1v) is 5.95. The van der Waals surface area contributed by atoms with E-state index in [1.807, 2.05) is 32.0 Å². The third-order valence-corrected chi connectivity index (χ3v) is 3.07. The second-order valence-corrected chi connectivity index (χ2v) is 5.49. The highest BCUT2D eigenvalue weighted by molar-refractivity contribution is 6.31. The van der Waals surface area contributed by atoms with E-state index in [-0.39, 0.29) is 11.2 Å². The van der Waals surface area contributed by atoms with Gasteiger partial charge in [0.15, 0.2) is 0 Å². The largest absolute Gasteiger partial charge is 0.460 e. The molecule has 0 aliphatic heterocycles. The molecule has 0 spiro atoms. The minimum absolute atomic E-state index is 0.161. The molecule has 0 N–H and O–H groups in total. The zero-order valence-electron chi connectivity index (χ0n) is 10.2. The Labute approximate surface area is 106 Å². The summed E-state index contributed by atoms with van der Waals surface area (Å²) in [6.45, 7) is 5.61. The van der Waals surface area contributed by atoms with E-state index in [9.17, 15) is 4.79 Å². The van der Waals surface area contributed by atoms with Crippen LogP contribution in [0.15, 0.2) is 28.7 Å². The van der Waals surface area contributed by atoms with Crippen LogP contribution in [0.4, 0.5) is 0 Å². The summed E-state index contributed by atoms with van der Waals surface area (Å²) in [5, 5.41) is 1.67. The summed E-state index contributed by atoms with van der Waals surface area (Å²) in [6.07, 6.45) is 0.473. The van der Waals surface area contributed by atoms with Gasteiger partial charge in [0.25, 0.3) is 0 Å². The molecule has 3 heteroatoms. The molecule has 0 bridgehead atoms. The molecule has 0 radical (unpaired) electrons. The summed E-state index contributed by atoms with van der Waals surface area (Å²) >= 11 is 5.93. The highest BCUT2D eigenvalue weighted by Crippen LogP contribution is 2.33. The Morgan fingerprint density at radius 2 is 2.06 bits per heavy atom. The maximum Gasteiger partial charge on any atom is 0.134 e. The molecule has 2 rings (SSSR count). The molecular formula is C14H15ClO2. The zero-order valence-corrected chi connectivity index (χ0v) is 11.0. The molecule has 0 unspecified atom stereocenters. The Bertz CT molecular complexity index is 567. The van der Waals surface area contributed by atoms with Crippen LogP contribution in [0.2, 0.25) is 5.02 Å². The van der Waals surface area contributed by atoms with Crippen molar-refractivity contribution in [3.05, 3.63) is 35.0 Å². The van der Waals surface area contributed by atoms with Crippen LogP contribution in [-0.4, -0.2) is 5.78 Å². The Balaban J connectivity index is 2.45. The lowest BCUT2D eigenvalue weighted by Gasteiger charge is -2.19. The van der Waals surface area contributed by atoms with E-state index < -0.39 is 0 Å². The SMILES string of the molecule is CC(=O)CC(C)(C)c1cc2cc(Cl)ccc2o1. The van der Waals surface area contributed by atoms with E-state index in [0.717, 1.165) is 16.7 Å². The summed E-state index contributed by atoms with van der Waals surface area (Å²) in [5.41, 5.74) is 0.526. The lowest BCUT2D eigenvalue weighted by Crippen LogP contribution is -2.19. The van der Waals surface area contributed by atoms with Crippen LogP contribution in [0.25, 0.3) is 11.0 Å². The smallest absolute Gasteiger partial charge is 0.134 e. The van der Waals surface area contributed by atoms with Gasteiger partial charge in [0.1, 0.15) is 17.1 Å². The molecule has 0 aliphatic carbocycles. The molecule has 0 saturated heterocycles. The predicted octanol–water partition coefficient (Wildman–Crippen LogP) is 4.34. The van der Waals surface area contributed by atoms with E-state index in [1.54, 1.807) is 13.0 Å². The van der Waals surface area contributed by atoms with Crippen LogP contribution in [0.5, 0.6) is 0 Å². The van der Waals surface area contributed by atoms with Gasteiger partial charge >= 0.3 is 0 Å². The maximum atomic E-state index is 11.2. The Kier molecular flexibility index (Phi) is 3.00. The van der Waals surface area contributed by atoms with Gasteiger partial charge in [-0.25, -0.2) is 0 Å². The van der Waals surface area contributed by atoms with Crippen LogP contribution in [0.1, 0.15) is 33.0 Å². The molecule has 0 aliphatic rings. The average molecular weight is 251 g/mol. The third-order valence-electron chi connectivity index (χ3n) is 2.84. The standard InChI is InChI=1S/C14H15ClO2/c1-9(16)8-14(2,3)13-7-10-6-11(15)4-5-12(10)17-13/h4-7H,8H2,1-3H3. The maximum absolute atomic E-state index is 11.2. The molecule has 1 aromatic heterocycles. The van der Waals surface area contributed by atoms with Gasteiger partial charge in [-0.05, 0) is 31.2 Å². The summed E-state index contributed by atoms with van der Waals surface area (Å²) in [4.78, 5) is 11.2. The van der Waals surface area contributed by atoms with Gasteiger partial charge in [-0.1, -0.05) is 25.4 Å². The van der Waals surface area contributed by atoms with Gasteiger partial charge in [-0.2, -0.15) is 0 Å². The number of halogens is 1. The van der Waals surface area contributed by atoms with E-state index in [2.05, 4.69) is 0 Å². The number of carbonyl (C=O) groups is 1. The van der Waals surface area contributed by atoms with E-state index in [4.69, 9.17) is 16.0 Å². The first kappa shape index (κ1) is 12.2. The number of hydrogen-bond acceptors (Lipinski definition) is 2. The Morgan fingerprint density at radius 1 is 1.35 bits per heavy atom. The summed E-state index contributed by atoms with van der Waals surface area (Å²) in [7, 11) is 0. The number of ketones is 1. The molecule has 2 aromatic rings.